The van der Waals surface area contributed by atoms with E-state index >= 15 is 0 Å². The molecule has 3 aromatic rings. The van der Waals surface area contributed by atoms with E-state index in [2.05, 4.69) is 21.0 Å². The highest BCUT2D eigenvalue weighted by Gasteiger charge is 2.22. The van der Waals surface area contributed by atoms with Gasteiger partial charge in [0, 0.05) is 11.8 Å². The second-order valence-electron chi connectivity index (χ2n) is 6.12. The van der Waals surface area contributed by atoms with Gasteiger partial charge in [-0.05, 0) is 54.9 Å². The lowest BCUT2D eigenvalue weighted by Gasteiger charge is -2.15. The van der Waals surface area contributed by atoms with E-state index in [0.29, 0.717) is 5.82 Å². The molecule has 3 N–H and O–H groups in total. The first-order valence-electron chi connectivity index (χ1n) is 8.29. The lowest BCUT2D eigenvalue weighted by Crippen LogP contribution is -2.44. The van der Waals surface area contributed by atoms with E-state index in [1.165, 1.54) is 35.6 Å². The molecule has 0 aliphatic heterocycles. The van der Waals surface area contributed by atoms with Gasteiger partial charge in [0.05, 0.1) is 9.77 Å². The molecule has 2 aromatic heterocycles. The topological polar surface area (TPSA) is 126 Å². The number of benzene rings is 1. The summed E-state index contributed by atoms with van der Waals surface area (Å²) in [4.78, 5) is 25.7. The third kappa shape index (κ3) is 4.60. The molecular weight excluding hydrogens is 434 g/mol. The Morgan fingerprint density at radius 3 is 2.48 bits per heavy atom. The second-order valence-corrected chi connectivity index (χ2v) is 9.47. The zero-order chi connectivity index (χ0) is 21.2. The number of thiophene rings is 1. The van der Waals surface area contributed by atoms with Gasteiger partial charge in [-0.15, -0.1) is 11.3 Å². The average Bonchev–Trinajstić information content (AvgIpc) is 3.34. The molecule has 12 heteroatoms. The third-order valence-corrected chi connectivity index (χ3v) is 6.34. The van der Waals surface area contributed by atoms with Crippen molar-refractivity contribution in [2.75, 3.05) is 6.26 Å². The van der Waals surface area contributed by atoms with Crippen LogP contribution in [0.25, 0.3) is 10.7 Å². The van der Waals surface area contributed by atoms with E-state index < -0.39 is 27.7 Å². The minimum atomic E-state index is -3.36. The fourth-order valence-corrected chi connectivity index (χ4v) is 4.14. The van der Waals surface area contributed by atoms with E-state index in [4.69, 9.17) is 12.2 Å². The highest BCUT2D eigenvalue weighted by Crippen LogP contribution is 2.25. The average molecular weight is 452 g/mol. The first-order valence-corrected chi connectivity index (χ1v) is 11.5. The summed E-state index contributed by atoms with van der Waals surface area (Å²) in [7, 11) is -3.36. The second kappa shape index (κ2) is 8.27. The van der Waals surface area contributed by atoms with Crippen LogP contribution in [0.4, 0.5) is 0 Å². The van der Waals surface area contributed by atoms with E-state index in [0.717, 1.165) is 11.1 Å². The van der Waals surface area contributed by atoms with Crippen molar-refractivity contribution in [1.82, 2.24) is 25.6 Å². The molecule has 3 rings (SSSR count). The smallest absolute Gasteiger partial charge is 0.269 e. The first kappa shape index (κ1) is 20.9. The summed E-state index contributed by atoms with van der Waals surface area (Å²) in [5, 5.41) is 8.73. The number of rotatable bonds is 5. The van der Waals surface area contributed by atoms with E-state index in [-0.39, 0.29) is 15.2 Å². The van der Waals surface area contributed by atoms with Crippen LogP contribution in [0.15, 0.2) is 46.7 Å². The molecule has 0 saturated carbocycles. The predicted molar refractivity (Wildman–Crippen MR) is 111 cm³/mol. The van der Waals surface area contributed by atoms with Gasteiger partial charge in [-0.1, -0.05) is 6.07 Å². The molecule has 2 heterocycles. The van der Waals surface area contributed by atoms with Gasteiger partial charge in [-0.3, -0.25) is 30.1 Å². The molecular formula is C17H17N5O4S3. The van der Waals surface area contributed by atoms with Crippen molar-refractivity contribution < 1.29 is 18.0 Å². The zero-order valence-electron chi connectivity index (χ0n) is 15.4. The number of hydrogen-bond donors (Lipinski definition) is 3. The molecule has 0 aliphatic rings. The van der Waals surface area contributed by atoms with Crippen LogP contribution in [0.3, 0.4) is 0 Å². The Morgan fingerprint density at radius 2 is 1.90 bits per heavy atom. The summed E-state index contributed by atoms with van der Waals surface area (Å²) in [6.07, 6.45) is 1.08. The Labute approximate surface area is 175 Å². The van der Waals surface area contributed by atoms with Crippen LogP contribution in [0, 0.1) is 4.77 Å². The van der Waals surface area contributed by atoms with Gasteiger partial charge < -0.3 is 0 Å². The molecule has 0 saturated heterocycles. The van der Waals surface area contributed by atoms with Crippen molar-refractivity contribution in [3.8, 4) is 10.7 Å². The Bertz CT molecular complexity index is 1190. The van der Waals surface area contributed by atoms with Crippen LogP contribution in [-0.4, -0.2) is 41.3 Å². The standard InChI is InChI=1S/C17H17N5O4S3/c1-10(22-14(18-21-17(22)27)13-4-3-9-28-13)15(23)19-20-16(24)11-5-7-12(8-6-11)29(2,25)26/h3-10H,1-2H3,(H,19,23)(H,20,24)(H,21,27). The number of amides is 2. The summed E-state index contributed by atoms with van der Waals surface area (Å²) < 4.78 is 24.8. The van der Waals surface area contributed by atoms with Gasteiger partial charge in [0.25, 0.3) is 11.8 Å². The van der Waals surface area contributed by atoms with Gasteiger partial charge in [0.15, 0.2) is 20.4 Å². The predicted octanol–water partition coefficient (Wildman–Crippen LogP) is 2.09. The number of nitrogens with zero attached hydrogens (tertiary/aromatic N) is 2. The lowest BCUT2D eigenvalue weighted by molar-refractivity contribution is -0.124. The van der Waals surface area contributed by atoms with Gasteiger partial charge in [0.1, 0.15) is 6.04 Å². The van der Waals surface area contributed by atoms with Crippen LogP contribution in [-0.2, 0) is 14.6 Å². The maximum Gasteiger partial charge on any atom is 0.269 e. The Kier molecular flexibility index (Phi) is 5.96. The highest BCUT2D eigenvalue weighted by atomic mass is 32.2. The fourth-order valence-electron chi connectivity index (χ4n) is 2.51. The van der Waals surface area contributed by atoms with Gasteiger partial charge in [0.2, 0.25) is 0 Å². The molecule has 29 heavy (non-hydrogen) atoms. The van der Waals surface area contributed by atoms with Crippen molar-refractivity contribution in [3.63, 3.8) is 0 Å². The molecule has 0 fully saturated rings. The minimum absolute atomic E-state index is 0.0992. The van der Waals surface area contributed by atoms with Gasteiger partial charge in [-0.25, -0.2) is 8.42 Å². The number of hydrazine groups is 1. The number of H-pyrrole nitrogens is 1. The summed E-state index contributed by atoms with van der Waals surface area (Å²) in [5.74, 6) is -0.559. The Balaban J connectivity index is 1.69. The molecule has 0 spiro atoms. The van der Waals surface area contributed by atoms with E-state index in [9.17, 15) is 18.0 Å². The number of carbonyl (C=O) groups excluding carboxylic acids is 2. The number of sulfone groups is 1. The van der Waals surface area contributed by atoms with Crippen molar-refractivity contribution in [2.45, 2.75) is 17.9 Å². The fraction of sp³-hybridized carbons (Fsp3) is 0.176. The normalized spacial score (nSPS) is 12.3. The number of carbonyl (C=O) groups is 2. The van der Waals surface area contributed by atoms with Crippen molar-refractivity contribution in [2.24, 2.45) is 0 Å². The van der Waals surface area contributed by atoms with Crippen LogP contribution in [0.2, 0.25) is 0 Å². The van der Waals surface area contributed by atoms with Crippen molar-refractivity contribution in [1.29, 1.82) is 0 Å². The van der Waals surface area contributed by atoms with Gasteiger partial charge in [-0.2, -0.15) is 5.10 Å². The maximum absolute atomic E-state index is 12.5. The summed E-state index contributed by atoms with van der Waals surface area (Å²) in [5.41, 5.74) is 4.86. The number of aromatic nitrogens is 3. The third-order valence-electron chi connectivity index (χ3n) is 4.06. The molecule has 0 radical (unpaired) electrons. The number of nitrogens with one attached hydrogen (secondary N) is 3. The van der Waals surface area contributed by atoms with E-state index in [1.807, 2.05) is 17.5 Å². The molecule has 152 valence electrons. The monoisotopic (exact) mass is 451 g/mol. The highest BCUT2D eigenvalue weighted by molar-refractivity contribution is 7.90. The maximum atomic E-state index is 12.5. The SMILES string of the molecule is CC(C(=O)NNC(=O)c1ccc(S(C)(=O)=O)cc1)n1c(-c2cccs2)n[nH]c1=S. The molecule has 1 aromatic carbocycles. The molecule has 0 bridgehead atoms. The Morgan fingerprint density at radius 1 is 1.21 bits per heavy atom. The van der Waals surface area contributed by atoms with Crippen molar-refractivity contribution in [3.05, 3.63) is 52.1 Å². The zero-order valence-corrected chi connectivity index (χ0v) is 17.8. The molecule has 1 atom stereocenters. The summed E-state index contributed by atoms with van der Waals surface area (Å²) in [6, 6.07) is 8.36. The first-order chi connectivity index (χ1) is 13.7. The quantitative estimate of drug-likeness (QED) is 0.403. The van der Waals surface area contributed by atoms with Crippen LogP contribution < -0.4 is 10.9 Å². The molecule has 1 unspecified atom stereocenters. The van der Waals surface area contributed by atoms with Crippen LogP contribution >= 0.6 is 23.6 Å². The summed E-state index contributed by atoms with van der Waals surface area (Å²) in [6.45, 7) is 1.63. The van der Waals surface area contributed by atoms with Crippen molar-refractivity contribution >= 4 is 45.2 Å². The summed E-state index contributed by atoms with van der Waals surface area (Å²) >= 11 is 6.69. The number of hydrogen-bond acceptors (Lipinski definition) is 7. The molecule has 9 nitrogen and oxygen atoms in total. The molecule has 0 aliphatic carbocycles. The number of aromatic amines is 1. The van der Waals surface area contributed by atoms with E-state index in [1.54, 1.807) is 11.5 Å². The minimum Gasteiger partial charge on any atom is -0.287 e. The lowest BCUT2D eigenvalue weighted by atomic mass is 10.2. The van der Waals surface area contributed by atoms with Gasteiger partial charge >= 0.3 is 0 Å². The van der Waals surface area contributed by atoms with Crippen LogP contribution in [0.1, 0.15) is 23.3 Å². The molecule has 2 amide bonds. The Hall–Kier alpha value is -2.83. The largest absolute Gasteiger partial charge is 0.287 e. The van der Waals surface area contributed by atoms with Crippen LogP contribution in [0.5, 0.6) is 0 Å².